The summed E-state index contributed by atoms with van der Waals surface area (Å²) in [4.78, 5) is 29.9. The van der Waals surface area contributed by atoms with Gasteiger partial charge in [-0.2, -0.15) is 0 Å². The molecule has 4 rings (SSSR count). The molecule has 5 nitrogen and oxygen atoms in total. The van der Waals surface area contributed by atoms with Gasteiger partial charge >= 0.3 is 0 Å². The van der Waals surface area contributed by atoms with E-state index in [9.17, 15) is 14.7 Å². The molecule has 2 aliphatic rings. The van der Waals surface area contributed by atoms with Crippen LogP contribution in [0.15, 0.2) is 48.0 Å². The average Bonchev–Trinajstić information content (AvgIpc) is 3.36. The van der Waals surface area contributed by atoms with Crippen molar-refractivity contribution in [1.82, 2.24) is 4.90 Å². The Morgan fingerprint density at radius 2 is 1.65 bits per heavy atom. The lowest BCUT2D eigenvalue weighted by atomic mass is 9.94. The number of benzene rings is 2. The molecule has 7 heteroatoms. The molecule has 2 aromatic rings. The van der Waals surface area contributed by atoms with Crippen molar-refractivity contribution >= 4 is 46.3 Å². The van der Waals surface area contributed by atoms with E-state index < -0.39 is 17.7 Å². The summed E-state index contributed by atoms with van der Waals surface area (Å²) in [7, 11) is 3.90. The molecular weight excluding hydrogens is 435 g/mol. The zero-order chi connectivity index (χ0) is 22.3. The van der Waals surface area contributed by atoms with Crippen molar-refractivity contribution in [2.45, 2.75) is 37.8 Å². The minimum Gasteiger partial charge on any atom is -0.507 e. The molecule has 0 aromatic heterocycles. The molecule has 31 heavy (non-hydrogen) atoms. The predicted molar refractivity (Wildman–Crippen MR) is 124 cm³/mol. The highest BCUT2D eigenvalue weighted by atomic mass is 35.5. The molecule has 1 atom stereocenters. The third-order valence-electron chi connectivity index (χ3n) is 6.12. The van der Waals surface area contributed by atoms with Crippen molar-refractivity contribution in [3.63, 3.8) is 0 Å². The first-order valence-electron chi connectivity index (χ1n) is 10.3. The van der Waals surface area contributed by atoms with Crippen LogP contribution in [0.5, 0.6) is 0 Å². The smallest absolute Gasteiger partial charge is 0.295 e. The fraction of sp³-hybridized carbons (Fsp3) is 0.333. The number of rotatable bonds is 4. The molecule has 0 spiro atoms. The van der Waals surface area contributed by atoms with E-state index in [4.69, 9.17) is 23.2 Å². The van der Waals surface area contributed by atoms with E-state index in [0.29, 0.717) is 10.6 Å². The normalized spacial score (nSPS) is 21.2. The number of carbonyl (C=O) groups is 2. The highest BCUT2D eigenvalue weighted by Crippen LogP contribution is 2.44. The van der Waals surface area contributed by atoms with Crippen LogP contribution in [0.1, 0.15) is 42.9 Å². The molecule has 1 heterocycles. The number of nitrogens with zero attached hydrogens (tertiary/aromatic N) is 2. The summed E-state index contributed by atoms with van der Waals surface area (Å²) in [5.41, 5.74) is 2.24. The summed E-state index contributed by atoms with van der Waals surface area (Å²) < 4.78 is 0. The number of amides is 1. The number of halogens is 2. The van der Waals surface area contributed by atoms with Gasteiger partial charge in [0.05, 0.1) is 21.7 Å². The molecule has 1 saturated carbocycles. The second-order valence-electron chi connectivity index (χ2n) is 8.26. The van der Waals surface area contributed by atoms with E-state index in [1.807, 2.05) is 43.3 Å². The maximum atomic E-state index is 13.1. The van der Waals surface area contributed by atoms with Crippen molar-refractivity contribution < 1.29 is 14.7 Å². The average molecular weight is 459 g/mol. The minimum absolute atomic E-state index is 0.0194. The Hall–Kier alpha value is -2.50. The third-order valence-corrected chi connectivity index (χ3v) is 6.86. The summed E-state index contributed by atoms with van der Waals surface area (Å²) in [6, 6.07) is 11.7. The lowest BCUT2D eigenvalue weighted by Crippen LogP contribution is -2.37. The second-order valence-corrected chi connectivity index (χ2v) is 9.07. The molecule has 2 fully saturated rings. The summed E-state index contributed by atoms with van der Waals surface area (Å²) >= 11 is 12.1. The van der Waals surface area contributed by atoms with Crippen LogP contribution >= 0.6 is 23.2 Å². The van der Waals surface area contributed by atoms with Gasteiger partial charge in [-0.1, -0.05) is 48.2 Å². The number of aliphatic hydroxyl groups is 1. The molecule has 1 unspecified atom stereocenters. The van der Waals surface area contributed by atoms with Crippen molar-refractivity contribution in [2.24, 2.45) is 0 Å². The van der Waals surface area contributed by atoms with Crippen LogP contribution in [0.25, 0.3) is 5.76 Å². The highest BCUT2D eigenvalue weighted by molar-refractivity contribution is 6.47. The van der Waals surface area contributed by atoms with Crippen LogP contribution in [0.2, 0.25) is 10.0 Å². The van der Waals surface area contributed by atoms with Gasteiger partial charge in [0.15, 0.2) is 0 Å². The van der Waals surface area contributed by atoms with Gasteiger partial charge < -0.3 is 14.9 Å². The van der Waals surface area contributed by atoms with E-state index in [1.54, 1.807) is 17.0 Å². The zero-order valence-electron chi connectivity index (χ0n) is 17.4. The van der Waals surface area contributed by atoms with Gasteiger partial charge in [-0.05, 0) is 48.7 Å². The standard InChI is InChI=1S/C24H24Cl2N2O3/c1-27(2)16-10-7-14(8-11-16)21-20(22(29)15-9-12-18(25)19(26)13-15)23(30)24(31)28(21)17-5-3-4-6-17/h7-13,17,21,29H,3-6H2,1-2H3/b22-20-. The molecule has 1 aliphatic carbocycles. The molecule has 1 amide bonds. The molecule has 0 radical (unpaired) electrons. The van der Waals surface area contributed by atoms with Crippen LogP contribution in [0.3, 0.4) is 0 Å². The van der Waals surface area contributed by atoms with Crippen LogP contribution in [0.4, 0.5) is 5.69 Å². The van der Waals surface area contributed by atoms with Gasteiger partial charge in [0.1, 0.15) is 5.76 Å². The first kappa shape index (κ1) is 21.7. The topological polar surface area (TPSA) is 60.9 Å². The number of Topliss-reactive ketones (excluding diaryl/α,β-unsaturated/α-hetero) is 1. The fourth-order valence-electron chi connectivity index (χ4n) is 4.49. The van der Waals surface area contributed by atoms with Crippen LogP contribution in [-0.2, 0) is 9.59 Å². The highest BCUT2D eigenvalue weighted by Gasteiger charge is 2.49. The van der Waals surface area contributed by atoms with Crippen LogP contribution in [-0.4, -0.2) is 41.8 Å². The van der Waals surface area contributed by atoms with Gasteiger partial charge in [0.25, 0.3) is 11.7 Å². The first-order chi connectivity index (χ1) is 14.8. The molecule has 1 saturated heterocycles. The largest absolute Gasteiger partial charge is 0.507 e. The number of aliphatic hydroxyl groups excluding tert-OH is 1. The molecule has 0 bridgehead atoms. The monoisotopic (exact) mass is 458 g/mol. The lowest BCUT2D eigenvalue weighted by molar-refractivity contribution is -0.141. The molecule has 162 valence electrons. The molecule has 1 aliphatic heterocycles. The quantitative estimate of drug-likeness (QED) is 0.377. The maximum absolute atomic E-state index is 13.1. The van der Waals surface area contributed by atoms with Crippen LogP contribution in [0, 0.1) is 0 Å². The SMILES string of the molecule is CN(C)c1ccc(C2/C(=C(/O)c3ccc(Cl)c(Cl)c3)C(=O)C(=O)N2C2CCCC2)cc1. The van der Waals surface area contributed by atoms with Gasteiger partial charge in [0, 0.05) is 31.4 Å². The Balaban J connectivity index is 1.87. The number of anilines is 1. The van der Waals surface area contributed by atoms with Gasteiger partial charge in [-0.25, -0.2) is 0 Å². The first-order valence-corrected chi connectivity index (χ1v) is 11.1. The number of carbonyl (C=O) groups excluding carboxylic acids is 2. The van der Waals surface area contributed by atoms with E-state index in [-0.39, 0.29) is 22.4 Å². The predicted octanol–water partition coefficient (Wildman–Crippen LogP) is 5.42. The maximum Gasteiger partial charge on any atom is 0.295 e. The van der Waals surface area contributed by atoms with E-state index in [1.165, 1.54) is 6.07 Å². The Morgan fingerprint density at radius 1 is 1.00 bits per heavy atom. The van der Waals surface area contributed by atoms with E-state index in [0.717, 1.165) is 36.9 Å². The summed E-state index contributed by atoms with van der Waals surface area (Å²) in [6.45, 7) is 0. The third kappa shape index (κ3) is 3.92. The van der Waals surface area contributed by atoms with Crippen LogP contribution < -0.4 is 4.90 Å². The molecule has 1 N–H and O–H groups in total. The van der Waals surface area contributed by atoms with E-state index in [2.05, 4.69) is 0 Å². The Bertz CT molecular complexity index is 1060. The van der Waals surface area contributed by atoms with Crippen molar-refractivity contribution in [3.8, 4) is 0 Å². The zero-order valence-corrected chi connectivity index (χ0v) is 19.0. The number of hydrogen-bond donors (Lipinski definition) is 1. The number of likely N-dealkylation sites (tertiary alicyclic amines) is 1. The van der Waals surface area contributed by atoms with E-state index >= 15 is 0 Å². The molecule has 2 aromatic carbocycles. The van der Waals surface area contributed by atoms with Gasteiger partial charge in [0.2, 0.25) is 0 Å². The minimum atomic E-state index is -0.669. The van der Waals surface area contributed by atoms with Crippen molar-refractivity contribution in [2.75, 3.05) is 19.0 Å². The number of hydrogen-bond acceptors (Lipinski definition) is 4. The van der Waals surface area contributed by atoms with Crippen molar-refractivity contribution in [3.05, 3.63) is 69.2 Å². The van der Waals surface area contributed by atoms with Gasteiger partial charge in [-0.15, -0.1) is 0 Å². The fourth-order valence-corrected chi connectivity index (χ4v) is 4.79. The Morgan fingerprint density at radius 3 is 2.23 bits per heavy atom. The summed E-state index contributed by atoms with van der Waals surface area (Å²) in [5.74, 6) is -1.47. The Kier molecular flexibility index (Phi) is 6.00. The van der Waals surface area contributed by atoms with Gasteiger partial charge in [-0.3, -0.25) is 9.59 Å². The lowest BCUT2D eigenvalue weighted by Gasteiger charge is -2.31. The second kappa shape index (κ2) is 8.56. The Labute approximate surface area is 191 Å². The van der Waals surface area contributed by atoms with Crippen molar-refractivity contribution in [1.29, 1.82) is 0 Å². The number of ketones is 1. The molecular formula is C24H24Cl2N2O3. The summed E-state index contributed by atoms with van der Waals surface area (Å²) in [6.07, 6.45) is 3.75. The summed E-state index contributed by atoms with van der Waals surface area (Å²) in [5, 5.41) is 11.7.